The number of nitrogens with zero attached hydrogens (tertiary/aromatic N) is 3. The summed E-state index contributed by atoms with van der Waals surface area (Å²) in [6, 6.07) is 2.77. The van der Waals surface area contributed by atoms with Gasteiger partial charge in [-0.15, -0.1) is 0 Å². The van der Waals surface area contributed by atoms with Crippen LogP contribution in [0.15, 0.2) is 12.1 Å². The van der Waals surface area contributed by atoms with E-state index in [9.17, 15) is 18.5 Å². The van der Waals surface area contributed by atoms with Crippen LogP contribution >= 0.6 is 0 Å². The smallest absolute Gasteiger partial charge is 0.276 e. The van der Waals surface area contributed by atoms with Gasteiger partial charge in [-0.3, -0.25) is 10.1 Å². The molecule has 2 rings (SSSR count). The summed E-state index contributed by atoms with van der Waals surface area (Å²) in [7, 11) is -2.99. The van der Waals surface area contributed by atoms with Crippen molar-refractivity contribution in [3.63, 3.8) is 0 Å². The highest BCUT2D eigenvalue weighted by Crippen LogP contribution is 2.24. The molecule has 0 atom stereocenters. The van der Waals surface area contributed by atoms with Crippen molar-refractivity contribution < 1.29 is 13.3 Å². The number of sulfone groups is 1. The Labute approximate surface area is 123 Å². The molecule has 1 saturated heterocycles. The van der Waals surface area contributed by atoms with Crippen LogP contribution in [0.4, 0.5) is 17.3 Å². The van der Waals surface area contributed by atoms with Gasteiger partial charge in [-0.25, -0.2) is 13.4 Å². The summed E-state index contributed by atoms with van der Waals surface area (Å²) in [5.74, 6) is 0.983. The van der Waals surface area contributed by atoms with Crippen LogP contribution in [0.2, 0.25) is 0 Å². The van der Waals surface area contributed by atoms with Crippen molar-refractivity contribution in [1.29, 1.82) is 0 Å². The Kier molecular flexibility index (Phi) is 4.61. The van der Waals surface area contributed by atoms with Gasteiger partial charge in [0.1, 0.15) is 11.6 Å². The highest BCUT2D eigenvalue weighted by molar-refractivity contribution is 7.91. The number of rotatable bonds is 5. The van der Waals surface area contributed by atoms with Gasteiger partial charge in [-0.05, 0) is 6.42 Å². The van der Waals surface area contributed by atoms with Gasteiger partial charge in [0.25, 0.3) is 5.69 Å². The van der Waals surface area contributed by atoms with Gasteiger partial charge in [0.15, 0.2) is 9.84 Å². The van der Waals surface area contributed by atoms with E-state index in [1.165, 1.54) is 12.1 Å². The van der Waals surface area contributed by atoms with E-state index in [0.717, 1.165) is 6.42 Å². The van der Waals surface area contributed by atoms with Gasteiger partial charge in [-0.2, -0.15) is 0 Å². The first-order valence-corrected chi connectivity index (χ1v) is 8.59. The first-order valence-electron chi connectivity index (χ1n) is 6.77. The molecule has 0 spiro atoms. The number of aromatic nitrogens is 1. The van der Waals surface area contributed by atoms with Crippen molar-refractivity contribution in [1.82, 2.24) is 4.98 Å². The van der Waals surface area contributed by atoms with Gasteiger partial charge in [0, 0.05) is 19.6 Å². The standard InChI is InChI=1S/C12H18N4O4S/c1-2-3-13-11-8-10(16(17)18)9-12(14-11)15-4-6-21(19,20)7-5-15/h8-9H,2-7H2,1H3,(H,13,14). The Hall–Kier alpha value is -1.90. The summed E-state index contributed by atoms with van der Waals surface area (Å²) in [6.07, 6.45) is 0.877. The molecule has 116 valence electrons. The lowest BCUT2D eigenvalue weighted by molar-refractivity contribution is -0.384. The van der Waals surface area contributed by atoms with Crippen LogP contribution in [0.25, 0.3) is 0 Å². The van der Waals surface area contributed by atoms with Gasteiger partial charge < -0.3 is 10.2 Å². The second-order valence-electron chi connectivity index (χ2n) is 4.89. The van der Waals surface area contributed by atoms with Crippen LogP contribution in [-0.2, 0) is 9.84 Å². The highest BCUT2D eigenvalue weighted by Gasteiger charge is 2.24. The van der Waals surface area contributed by atoms with E-state index in [4.69, 9.17) is 0 Å². The van der Waals surface area contributed by atoms with E-state index in [1.807, 2.05) is 6.92 Å². The zero-order valence-electron chi connectivity index (χ0n) is 11.8. The predicted octanol–water partition coefficient (Wildman–Crippen LogP) is 1.05. The zero-order valence-corrected chi connectivity index (χ0v) is 12.6. The maximum atomic E-state index is 11.4. The molecular weight excluding hydrogens is 296 g/mol. The topological polar surface area (TPSA) is 105 Å². The maximum absolute atomic E-state index is 11.4. The lowest BCUT2D eigenvalue weighted by Crippen LogP contribution is -2.40. The lowest BCUT2D eigenvalue weighted by atomic mass is 10.3. The highest BCUT2D eigenvalue weighted by atomic mass is 32.2. The van der Waals surface area contributed by atoms with Gasteiger partial charge in [0.05, 0.1) is 28.6 Å². The maximum Gasteiger partial charge on any atom is 0.276 e. The van der Waals surface area contributed by atoms with Crippen molar-refractivity contribution in [3.8, 4) is 0 Å². The fourth-order valence-corrected chi connectivity index (χ4v) is 3.26. The average Bonchev–Trinajstić information content (AvgIpc) is 2.44. The molecule has 1 aliphatic heterocycles. The molecular formula is C12H18N4O4S. The average molecular weight is 314 g/mol. The summed E-state index contributed by atoms with van der Waals surface area (Å²) in [6.45, 7) is 3.27. The minimum Gasteiger partial charge on any atom is -0.370 e. The molecule has 21 heavy (non-hydrogen) atoms. The molecule has 0 radical (unpaired) electrons. The van der Waals surface area contributed by atoms with Gasteiger partial charge >= 0.3 is 0 Å². The molecule has 0 unspecified atom stereocenters. The monoisotopic (exact) mass is 314 g/mol. The van der Waals surface area contributed by atoms with Crippen molar-refractivity contribution in [2.45, 2.75) is 13.3 Å². The van der Waals surface area contributed by atoms with Crippen LogP contribution in [0, 0.1) is 10.1 Å². The lowest BCUT2D eigenvalue weighted by Gasteiger charge is -2.27. The Morgan fingerprint density at radius 1 is 1.38 bits per heavy atom. The van der Waals surface area contributed by atoms with Crippen LogP contribution < -0.4 is 10.2 Å². The van der Waals surface area contributed by atoms with Crippen LogP contribution in [-0.4, -0.2) is 49.5 Å². The van der Waals surface area contributed by atoms with Crippen LogP contribution in [0.5, 0.6) is 0 Å². The molecule has 1 aliphatic rings. The number of nitrogens with one attached hydrogen (secondary N) is 1. The van der Waals surface area contributed by atoms with E-state index in [1.54, 1.807) is 4.90 Å². The SMILES string of the molecule is CCCNc1cc([N+](=O)[O-])cc(N2CCS(=O)(=O)CC2)n1. The number of hydrogen-bond donors (Lipinski definition) is 1. The largest absolute Gasteiger partial charge is 0.370 e. The summed E-state index contributed by atoms with van der Waals surface area (Å²) >= 11 is 0. The second kappa shape index (κ2) is 6.25. The summed E-state index contributed by atoms with van der Waals surface area (Å²) in [5.41, 5.74) is -0.0490. The molecule has 0 saturated carbocycles. The van der Waals surface area contributed by atoms with E-state index in [2.05, 4.69) is 10.3 Å². The Balaban J connectivity index is 2.25. The normalized spacial score (nSPS) is 17.5. The number of nitro groups is 1. The zero-order chi connectivity index (χ0) is 15.5. The summed E-state index contributed by atoms with van der Waals surface area (Å²) < 4.78 is 22.9. The van der Waals surface area contributed by atoms with E-state index < -0.39 is 14.8 Å². The molecule has 1 N–H and O–H groups in total. The third kappa shape index (κ3) is 4.03. The van der Waals surface area contributed by atoms with Crippen molar-refractivity contribution in [2.24, 2.45) is 0 Å². The van der Waals surface area contributed by atoms with Crippen molar-refractivity contribution in [2.75, 3.05) is 41.4 Å². The molecule has 0 amide bonds. The first-order chi connectivity index (χ1) is 9.91. The number of pyridine rings is 1. The number of hydrogen-bond acceptors (Lipinski definition) is 7. The Morgan fingerprint density at radius 3 is 2.62 bits per heavy atom. The Bertz CT molecular complexity index is 618. The van der Waals surface area contributed by atoms with Gasteiger partial charge in [0.2, 0.25) is 0 Å². The molecule has 1 aromatic heterocycles. The summed E-state index contributed by atoms with van der Waals surface area (Å²) in [5, 5.41) is 14.0. The van der Waals surface area contributed by atoms with E-state index in [0.29, 0.717) is 31.3 Å². The summed E-state index contributed by atoms with van der Waals surface area (Å²) in [4.78, 5) is 16.6. The molecule has 0 bridgehead atoms. The van der Waals surface area contributed by atoms with Crippen molar-refractivity contribution in [3.05, 3.63) is 22.2 Å². The molecule has 1 aromatic rings. The van der Waals surface area contributed by atoms with Crippen LogP contribution in [0.1, 0.15) is 13.3 Å². The molecule has 0 aliphatic carbocycles. The quantitative estimate of drug-likeness (QED) is 0.639. The Morgan fingerprint density at radius 2 is 2.05 bits per heavy atom. The van der Waals surface area contributed by atoms with Crippen molar-refractivity contribution >= 4 is 27.2 Å². The first kappa shape index (κ1) is 15.5. The third-order valence-electron chi connectivity index (χ3n) is 3.23. The fraction of sp³-hybridized carbons (Fsp3) is 0.583. The predicted molar refractivity (Wildman–Crippen MR) is 80.5 cm³/mol. The minimum atomic E-state index is -2.99. The molecule has 1 fully saturated rings. The third-order valence-corrected chi connectivity index (χ3v) is 4.84. The minimum absolute atomic E-state index is 0.0490. The van der Waals surface area contributed by atoms with E-state index in [-0.39, 0.29) is 17.2 Å². The molecule has 8 nitrogen and oxygen atoms in total. The van der Waals surface area contributed by atoms with Gasteiger partial charge in [-0.1, -0.05) is 6.92 Å². The van der Waals surface area contributed by atoms with E-state index >= 15 is 0 Å². The molecule has 9 heteroatoms. The fourth-order valence-electron chi connectivity index (χ4n) is 2.05. The van der Waals surface area contributed by atoms with Crippen LogP contribution in [0.3, 0.4) is 0 Å². The second-order valence-corrected chi connectivity index (χ2v) is 7.20. The number of anilines is 2. The molecule has 2 heterocycles. The molecule has 0 aromatic carbocycles.